The standard InChI is InChI=1S/C49H30N2OS/c1-2-13-31(14-3-1)49-50-43-23-6-7-24-44(43)51(49)36-16-10-15-32(30-36)33-27-34(37-19-11-21-41-39-17-4-8-25-45(39)52-47(37)41)29-35(28-33)38-20-12-22-42-40-18-5-9-26-46(40)53-48(38)42/h1-30H. The Morgan fingerprint density at radius 3 is 2.02 bits per heavy atom. The minimum atomic E-state index is 0.899. The van der Waals surface area contributed by atoms with Gasteiger partial charge in [-0.3, -0.25) is 4.57 Å². The molecule has 248 valence electrons. The number of benzene rings is 8. The molecule has 0 amide bonds. The molecule has 0 atom stereocenters. The zero-order valence-corrected chi connectivity index (χ0v) is 29.3. The summed E-state index contributed by atoms with van der Waals surface area (Å²) in [6.45, 7) is 0. The molecular formula is C49H30N2OS. The van der Waals surface area contributed by atoms with Gasteiger partial charge in [-0.25, -0.2) is 4.98 Å². The molecule has 0 saturated carbocycles. The lowest BCUT2D eigenvalue weighted by atomic mass is 9.92. The van der Waals surface area contributed by atoms with Crippen LogP contribution in [0.3, 0.4) is 0 Å². The summed E-state index contributed by atoms with van der Waals surface area (Å²) >= 11 is 1.86. The number of rotatable bonds is 5. The summed E-state index contributed by atoms with van der Waals surface area (Å²) in [5.74, 6) is 0.923. The highest BCUT2D eigenvalue weighted by Gasteiger charge is 2.18. The summed E-state index contributed by atoms with van der Waals surface area (Å²) in [6, 6.07) is 64.9. The van der Waals surface area contributed by atoms with E-state index in [1.165, 1.54) is 31.3 Å². The fourth-order valence-electron chi connectivity index (χ4n) is 7.95. The number of hydrogen-bond acceptors (Lipinski definition) is 3. The largest absolute Gasteiger partial charge is 0.455 e. The van der Waals surface area contributed by atoms with E-state index in [0.717, 1.165) is 72.3 Å². The van der Waals surface area contributed by atoms with Crippen LogP contribution in [-0.4, -0.2) is 9.55 Å². The topological polar surface area (TPSA) is 31.0 Å². The molecule has 4 heteroatoms. The van der Waals surface area contributed by atoms with Crippen molar-refractivity contribution >= 4 is 64.5 Å². The highest BCUT2D eigenvalue weighted by molar-refractivity contribution is 7.26. The summed E-state index contributed by atoms with van der Waals surface area (Å²) in [5, 5.41) is 4.84. The lowest BCUT2D eigenvalue weighted by molar-refractivity contribution is 0.670. The van der Waals surface area contributed by atoms with Gasteiger partial charge in [-0.1, -0.05) is 127 Å². The van der Waals surface area contributed by atoms with Gasteiger partial charge in [0.05, 0.1) is 11.0 Å². The van der Waals surface area contributed by atoms with Crippen LogP contribution in [0.1, 0.15) is 0 Å². The van der Waals surface area contributed by atoms with E-state index in [1.807, 2.05) is 23.5 Å². The summed E-state index contributed by atoms with van der Waals surface area (Å²) in [7, 11) is 0. The minimum Gasteiger partial charge on any atom is -0.455 e. The third-order valence-corrected chi connectivity index (χ3v) is 11.6. The van der Waals surface area contributed by atoms with Gasteiger partial charge in [0.1, 0.15) is 17.0 Å². The molecule has 0 unspecified atom stereocenters. The lowest BCUT2D eigenvalue weighted by Crippen LogP contribution is -1.98. The Kier molecular flexibility index (Phi) is 6.73. The van der Waals surface area contributed by atoms with E-state index in [2.05, 4.69) is 174 Å². The van der Waals surface area contributed by atoms with Gasteiger partial charge in [0.2, 0.25) is 0 Å². The molecule has 3 aromatic heterocycles. The molecule has 8 aromatic carbocycles. The first-order chi connectivity index (χ1) is 26.3. The van der Waals surface area contributed by atoms with Crippen molar-refractivity contribution in [3.8, 4) is 50.5 Å². The van der Waals surface area contributed by atoms with E-state index < -0.39 is 0 Å². The van der Waals surface area contributed by atoms with Gasteiger partial charge in [-0.05, 0) is 82.4 Å². The van der Waals surface area contributed by atoms with Crippen LogP contribution in [0.4, 0.5) is 0 Å². The molecule has 0 bridgehead atoms. The Morgan fingerprint density at radius 2 is 1.11 bits per heavy atom. The number of hydrogen-bond donors (Lipinski definition) is 0. The second kappa shape index (κ2) is 11.9. The average molecular weight is 695 g/mol. The summed E-state index contributed by atoms with van der Waals surface area (Å²) in [4.78, 5) is 5.12. The van der Waals surface area contributed by atoms with Crippen LogP contribution < -0.4 is 0 Å². The molecule has 0 N–H and O–H groups in total. The van der Waals surface area contributed by atoms with Crippen molar-refractivity contribution in [2.45, 2.75) is 0 Å². The van der Waals surface area contributed by atoms with Gasteiger partial charge in [-0.15, -0.1) is 11.3 Å². The van der Waals surface area contributed by atoms with Crippen LogP contribution in [0, 0.1) is 0 Å². The number of furan rings is 1. The predicted octanol–water partition coefficient (Wildman–Crippen LogP) is 14.0. The molecule has 53 heavy (non-hydrogen) atoms. The van der Waals surface area contributed by atoms with E-state index in [1.54, 1.807) is 0 Å². The second-order valence-corrected chi connectivity index (χ2v) is 14.6. The van der Waals surface area contributed by atoms with E-state index in [9.17, 15) is 0 Å². The number of imidazole rings is 1. The van der Waals surface area contributed by atoms with Crippen LogP contribution in [0.2, 0.25) is 0 Å². The van der Waals surface area contributed by atoms with Crippen molar-refractivity contribution in [3.05, 3.63) is 182 Å². The van der Waals surface area contributed by atoms with Gasteiger partial charge in [-0.2, -0.15) is 0 Å². The molecule has 0 aliphatic carbocycles. The first-order valence-electron chi connectivity index (χ1n) is 17.9. The fraction of sp³-hybridized carbons (Fsp3) is 0. The van der Waals surface area contributed by atoms with Crippen molar-refractivity contribution in [1.29, 1.82) is 0 Å². The van der Waals surface area contributed by atoms with Crippen LogP contribution in [0.5, 0.6) is 0 Å². The summed E-state index contributed by atoms with van der Waals surface area (Å²) in [5.41, 5.74) is 12.8. The highest BCUT2D eigenvalue weighted by Crippen LogP contribution is 2.44. The van der Waals surface area contributed by atoms with Gasteiger partial charge >= 0.3 is 0 Å². The maximum atomic E-state index is 6.60. The van der Waals surface area contributed by atoms with Gasteiger partial charge in [0.15, 0.2) is 0 Å². The number of fused-ring (bicyclic) bond motifs is 7. The molecule has 0 aliphatic rings. The monoisotopic (exact) mass is 694 g/mol. The summed E-state index contributed by atoms with van der Waals surface area (Å²) in [6.07, 6.45) is 0. The maximum Gasteiger partial charge on any atom is 0.145 e. The van der Waals surface area contributed by atoms with Crippen molar-refractivity contribution in [2.24, 2.45) is 0 Å². The molecule has 0 spiro atoms. The second-order valence-electron chi connectivity index (χ2n) is 13.5. The summed E-state index contributed by atoms with van der Waals surface area (Å²) < 4.78 is 11.5. The highest BCUT2D eigenvalue weighted by atomic mass is 32.1. The van der Waals surface area contributed by atoms with Crippen LogP contribution in [0.15, 0.2) is 186 Å². The van der Waals surface area contributed by atoms with Gasteiger partial charge in [0, 0.05) is 47.8 Å². The Balaban J connectivity index is 1.16. The zero-order chi connectivity index (χ0) is 34.9. The smallest absolute Gasteiger partial charge is 0.145 e. The fourth-order valence-corrected chi connectivity index (χ4v) is 9.19. The van der Waals surface area contributed by atoms with Crippen molar-refractivity contribution in [2.75, 3.05) is 0 Å². The third-order valence-electron chi connectivity index (χ3n) is 10.4. The van der Waals surface area contributed by atoms with Gasteiger partial charge in [0.25, 0.3) is 0 Å². The van der Waals surface area contributed by atoms with E-state index in [4.69, 9.17) is 9.40 Å². The Bertz CT molecular complexity index is 3050. The van der Waals surface area contributed by atoms with E-state index in [-0.39, 0.29) is 0 Å². The van der Waals surface area contributed by atoms with Crippen LogP contribution >= 0.6 is 11.3 Å². The lowest BCUT2D eigenvalue weighted by Gasteiger charge is -2.14. The zero-order valence-electron chi connectivity index (χ0n) is 28.5. The normalized spacial score (nSPS) is 11.8. The molecule has 3 nitrogen and oxygen atoms in total. The molecule has 0 saturated heterocycles. The Labute approximate surface area is 309 Å². The molecule has 3 heterocycles. The number of para-hydroxylation sites is 4. The first kappa shape index (κ1) is 29.9. The van der Waals surface area contributed by atoms with E-state index >= 15 is 0 Å². The maximum absolute atomic E-state index is 6.60. The van der Waals surface area contributed by atoms with Crippen molar-refractivity contribution in [1.82, 2.24) is 9.55 Å². The van der Waals surface area contributed by atoms with Crippen LogP contribution in [-0.2, 0) is 0 Å². The van der Waals surface area contributed by atoms with Crippen molar-refractivity contribution in [3.63, 3.8) is 0 Å². The molecule has 0 fully saturated rings. The Morgan fingerprint density at radius 1 is 0.453 bits per heavy atom. The number of aromatic nitrogens is 2. The first-order valence-corrected chi connectivity index (χ1v) is 18.7. The third kappa shape index (κ3) is 4.84. The predicted molar refractivity (Wildman–Crippen MR) is 223 cm³/mol. The quantitative estimate of drug-likeness (QED) is 0.180. The van der Waals surface area contributed by atoms with Gasteiger partial charge < -0.3 is 4.42 Å². The number of thiophene rings is 1. The molecule has 11 rings (SSSR count). The average Bonchev–Trinajstić information content (AvgIpc) is 3.93. The SMILES string of the molecule is c1ccc(-c2nc3ccccc3n2-c2cccc(-c3cc(-c4cccc5c4oc4ccccc45)cc(-c4cccc5c4sc4ccccc45)c3)c2)cc1. The molecular weight excluding hydrogens is 665 g/mol. The van der Waals surface area contributed by atoms with Crippen molar-refractivity contribution < 1.29 is 4.42 Å². The van der Waals surface area contributed by atoms with E-state index in [0.29, 0.717) is 0 Å². The molecule has 0 radical (unpaired) electrons. The Hall–Kier alpha value is -6.75. The molecule has 0 aliphatic heterocycles. The van der Waals surface area contributed by atoms with Crippen LogP contribution in [0.25, 0.3) is 104 Å². The molecule has 11 aromatic rings. The number of nitrogens with zero attached hydrogens (tertiary/aromatic N) is 2. The minimum absolute atomic E-state index is 0.899.